The van der Waals surface area contributed by atoms with Crippen molar-refractivity contribution in [2.75, 3.05) is 0 Å². The SMILES string of the molecule is Cc1nc(CCn2c(-c3ccncc3)n[nH]c2=S)no1. The molecular weight excluding hydrogens is 276 g/mol. The summed E-state index contributed by atoms with van der Waals surface area (Å²) in [6, 6.07) is 3.78. The molecule has 0 atom stereocenters. The summed E-state index contributed by atoms with van der Waals surface area (Å²) >= 11 is 5.26. The van der Waals surface area contributed by atoms with E-state index in [2.05, 4.69) is 25.3 Å². The maximum Gasteiger partial charge on any atom is 0.223 e. The average Bonchev–Trinajstić information content (AvgIpc) is 3.04. The number of aromatic nitrogens is 6. The highest BCUT2D eigenvalue weighted by atomic mass is 32.1. The number of aromatic amines is 1. The Morgan fingerprint density at radius 2 is 2.15 bits per heavy atom. The lowest BCUT2D eigenvalue weighted by Crippen LogP contribution is -2.05. The van der Waals surface area contributed by atoms with Gasteiger partial charge in [0.2, 0.25) is 5.89 Å². The summed E-state index contributed by atoms with van der Waals surface area (Å²) in [5.74, 6) is 1.99. The van der Waals surface area contributed by atoms with Gasteiger partial charge in [-0.1, -0.05) is 5.16 Å². The molecule has 3 aromatic rings. The van der Waals surface area contributed by atoms with Gasteiger partial charge in [0.1, 0.15) is 0 Å². The molecule has 3 rings (SSSR count). The molecule has 0 saturated carbocycles. The Morgan fingerprint density at radius 3 is 2.85 bits per heavy atom. The fourth-order valence-corrected chi connectivity index (χ4v) is 2.12. The molecule has 0 aromatic carbocycles. The van der Waals surface area contributed by atoms with Crippen molar-refractivity contribution in [3.05, 3.63) is 41.0 Å². The predicted octanol–water partition coefficient (Wildman–Crippen LogP) is 1.94. The first-order chi connectivity index (χ1) is 9.74. The van der Waals surface area contributed by atoms with Crippen molar-refractivity contribution in [2.45, 2.75) is 19.9 Å². The van der Waals surface area contributed by atoms with Crippen molar-refractivity contribution in [1.82, 2.24) is 29.9 Å². The van der Waals surface area contributed by atoms with Crippen molar-refractivity contribution >= 4 is 12.2 Å². The van der Waals surface area contributed by atoms with E-state index in [1.54, 1.807) is 19.3 Å². The van der Waals surface area contributed by atoms with E-state index in [4.69, 9.17) is 16.7 Å². The van der Waals surface area contributed by atoms with Gasteiger partial charge in [0.25, 0.3) is 0 Å². The maximum atomic E-state index is 5.26. The topological polar surface area (TPSA) is 85.4 Å². The minimum absolute atomic E-state index is 0.560. The van der Waals surface area contributed by atoms with Crippen LogP contribution in [0, 0.1) is 11.7 Å². The average molecular weight is 288 g/mol. The second-order valence-corrected chi connectivity index (χ2v) is 4.61. The second kappa shape index (κ2) is 5.33. The molecule has 0 aliphatic carbocycles. The summed E-state index contributed by atoms with van der Waals surface area (Å²) in [5.41, 5.74) is 0.955. The first-order valence-electron chi connectivity index (χ1n) is 6.09. The number of rotatable bonds is 4. The smallest absolute Gasteiger partial charge is 0.223 e. The molecule has 0 radical (unpaired) electrons. The zero-order valence-electron chi connectivity index (χ0n) is 10.8. The van der Waals surface area contributed by atoms with Crippen molar-refractivity contribution in [3.8, 4) is 11.4 Å². The maximum absolute atomic E-state index is 5.26. The molecule has 1 N–H and O–H groups in total. The van der Waals surface area contributed by atoms with Gasteiger partial charge in [-0.15, -0.1) is 0 Å². The van der Waals surface area contributed by atoms with Crippen molar-refractivity contribution in [1.29, 1.82) is 0 Å². The summed E-state index contributed by atoms with van der Waals surface area (Å²) in [6.07, 6.45) is 4.07. The summed E-state index contributed by atoms with van der Waals surface area (Å²) in [5, 5.41) is 10.9. The van der Waals surface area contributed by atoms with Crippen LogP contribution in [0.5, 0.6) is 0 Å². The van der Waals surface area contributed by atoms with Gasteiger partial charge in [-0.05, 0) is 24.4 Å². The largest absolute Gasteiger partial charge is 0.340 e. The van der Waals surface area contributed by atoms with E-state index in [0.717, 1.165) is 11.4 Å². The van der Waals surface area contributed by atoms with E-state index < -0.39 is 0 Å². The number of nitrogens with one attached hydrogen (secondary N) is 1. The van der Waals surface area contributed by atoms with Gasteiger partial charge in [-0.2, -0.15) is 10.1 Å². The number of hydrogen-bond acceptors (Lipinski definition) is 6. The third-order valence-corrected chi connectivity index (χ3v) is 3.14. The normalized spacial score (nSPS) is 10.8. The van der Waals surface area contributed by atoms with E-state index >= 15 is 0 Å². The predicted molar refractivity (Wildman–Crippen MR) is 73.4 cm³/mol. The molecule has 0 amide bonds. The van der Waals surface area contributed by atoms with Crippen LogP contribution in [-0.4, -0.2) is 29.9 Å². The lowest BCUT2D eigenvalue weighted by atomic mass is 10.2. The molecule has 0 aliphatic rings. The molecule has 102 valence electrons. The summed E-state index contributed by atoms with van der Waals surface area (Å²) < 4.78 is 7.43. The van der Waals surface area contributed by atoms with Crippen LogP contribution in [0.4, 0.5) is 0 Å². The van der Waals surface area contributed by atoms with Gasteiger partial charge in [-0.25, -0.2) is 0 Å². The summed E-state index contributed by atoms with van der Waals surface area (Å²) in [4.78, 5) is 8.17. The first kappa shape index (κ1) is 12.7. The molecule has 0 fully saturated rings. The Balaban J connectivity index is 1.86. The van der Waals surface area contributed by atoms with Gasteiger partial charge in [0.05, 0.1) is 0 Å². The minimum Gasteiger partial charge on any atom is -0.340 e. The second-order valence-electron chi connectivity index (χ2n) is 4.22. The monoisotopic (exact) mass is 288 g/mol. The Hall–Kier alpha value is -2.35. The standard InChI is InChI=1S/C12H12N6OS/c1-8-14-10(17-19-8)4-7-18-11(15-16-12(18)20)9-2-5-13-6-3-9/h2-3,5-6H,4,7H2,1H3,(H,16,20). The number of aryl methyl sites for hydroxylation is 2. The van der Waals surface area contributed by atoms with Crippen LogP contribution in [0.3, 0.4) is 0 Å². The molecule has 20 heavy (non-hydrogen) atoms. The van der Waals surface area contributed by atoms with Crippen LogP contribution in [-0.2, 0) is 13.0 Å². The fourth-order valence-electron chi connectivity index (χ4n) is 1.90. The van der Waals surface area contributed by atoms with E-state index in [1.165, 1.54) is 0 Å². The molecule has 8 heteroatoms. The molecule has 0 spiro atoms. The van der Waals surface area contributed by atoms with E-state index in [9.17, 15) is 0 Å². The van der Waals surface area contributed by atoms with Gasteiger partial charge < -0.3 is 4.52 Å². The zero-order chi connectivity index (χ0) is 13.9. The highest BCUT2D eigenvalue weighted by Crippen LogP contribution is 2.16. The first-order valence-corrected chi connectivity index (χ1v) is 6.49. The van der Waals surface area contributed by atoms with Crippen LogP contribution < -0.4 is 0 Å². The number of hydrogen-bond donors (Lipinski definition) is 1. The molecule has 0 unspecified atom stereocenters. The van der Waals surface area contributed by atoms with Crippen molar-refractivity contribution < 1.29 is 4.52 Å². The molecule has 0 saturated heterocycles. The summed E-state index contributed by atoms with van der Waals surface area (Å²) in [7, 11) is 0. The third kappa shape index (κ3) is 2.50. The highest BCUT2D eigenvalue weighted by Gasteiger charge is 2.10. The van der Waals surface area contributed by atoms with Crippen LogP contribution in [0.2, 0.25) is 0 Å². The van der Waals surface area contributed by atoms with Crippen LogP contribution in [0.15, 0.2) is 29.0 Å². The van der Waals surface area contributed by atoms with Crippen molar-refractivity contribution in [3.63, 3.8) is 0 Å². The Morgan fingerprint density at radius 1 is 1.35 bits per heavy atom. The molecule has 0 aliphatic heterocycles. The Bertz CT molecular complexity index is 760. The zero-order valence-corrected chi connectivity index (χ0v) is 11.6. The third-order valence-electron chi connectivity index (χ3n) is 2.83. The van der Waals surface area contributed by atoms with Gasteiger partial charge in [0.15, 0.2) is 16.4 Å². The van der Waals surface area contributed by atoms with Crippen molar-refractivity contribution in [2.24, 2.45) is 0 Å². The quantitative estimate of drug-likeness (QED) is 0.738. The van der Waals surface area contributed by atoms with Gasteiger partial charge in [-0.3, -0.25) is 14.6 Å². The van der Waals surface area contributed by atoms with E-state index in [-0.39, 0.29) is 0 Å². The Kier molecular flexibility index (Phi) is 3.38. The van der Waals surface area contributed by atoms with Crippen LogP contribution in [0.25, 0.3) is 11.4 Å². The Labute approximate surface area is 119 Å². The molecule has 3 aromatic heterocycles. The minimum atomic E-state index is 0.560. The molecule has 0 bridgehead atoms. The fraction of sp³-hybridized carbons (Fsp3) is 0.250. The molecule has 7 nitrogen and oxygen atoms in total. The number of pyridine rings is 1. The lowest BCUT2D eigenvalue weighted by molar-refractivity contribution is 0.386. The summed E-state index contributed by atoms with van der Waals surface area (Å²) in [6.45, 7) is 2.40. The van der Waals surface area contributed by atoms with Crippen LogP contribution in [0.1, 0.15) is 11.7 Å². The molecular formula is C12H12N6OS. The van der Waals surface area contributed by atoms with E-state index in [1.807, 2.05) is 16.7 Å². The highest BCUT2D eigenvalue weighted by molar-refractivity contribution is 7.71. The van der Waals surface area contributed by atoms with Gasteiger partial charge in [0, 0.05) is 37.8 Å². The number of H-pyrrole nitrogens is 1. The molecule has 3 heterocycles. The number of nitrogens with zero attached hydrogens (tertiary/aromatic N) is 5. The van der Waals surface area contributed by atoms with Gasteiger partial charge >= 0.3 is 0 Å². The van der Waals surface area contributed by atoms with E-state index in [0.29, 0.717) is 29.5 Å². The lowest BCUT2D eigenvalue weighted by Gasteiger charge is -2.04. The van der Waals surface area contributed by atoms with Crippen LogP contribution >= 0.6 is 12.2 Å².